The van der Waals surface area contributed by atoms with E-state index in [4.69, 9.17) is 0 Å². The number of hydrogen-bond acceptors (Lipinski definition) is 1. The van der Waals surface area contributed by atoms with E-state index in [0.29, 0.717) is 5.92 Å². The minimum atomic E-state index is 0.119. The van der Waals surface area contributed by atoms with Crippen molar-refractivity contribution in [3.05, 3.63) is 70.3 Å². The van der Waals surface area contributed by atoms with Gasteiger partial charge < -0.3 is 9.88 Å². The molecule has 3 aromatic rings. The molecule has 1 saturated heterocycles. The van der Waals surface area contributed by atoms with Gasteiger partial charge in [0.1, 0.15) is 0 Å². The molecule has 0 bridgehead atoms. The molecule has 0 spiro atoms. The number of carbonyl (C=O) groups excluding carboxylic acids is 1. The Morgan fingerprint density at radius 3 is 2.91 bits per heavy atom. The van der Waals surface area contributed by atoms with Gasteiger partial charge in [0.2, 0.25) is 0 Å². The molecule has 1 fully saturated rings. The standard InChI is InChI=1S/C19H17BrN2O/c20-15-5-3-4-13(10-15)19(23)22-9-8-14(12-22)17-11-21-18-7-2-1-6-16(17)18/h1-7,10-11,14,21H,8-9,12H2. The van der Waals surface area contributed by atoms with Crippen molar-refractivity contribution in [1.82, 2.24) is 9.88 Å². The van der Waals surface area contributed by atoms with Gasteiger partial charge in [0.05, 0.1) is 0 Å². The molecule has 3 nitrogen and oxygen atoms in total. The first-order valence-corrected chi connectivity index (χ1v) is 8.62. The van der Waals surface area contributed by atoms with Gasteiger partial charge in [-0.3, -0.25) is 4.79 Å². The van der Waals surface area contributed by atoms with Gasteiger partial charge in [-0.05, 0) is 36.2 Å². The molecule has 0 radical (unpaired) electrons. The van der Waals surface area contributed by atoms with Crippen LogP contribution >= 0.6 is 15.9 Å². The predicted octanol–water partition coefficient (Wildman–Crippen LogP) is 4.56. The van der Waals surface area contributed by atoms with Crippen LogP contribution in [0.1, 0.15) is 28.3 Å². The summed E-state index contributed by atoms with van der Waals surface area (Å²) in [7, 11) is 0. The highest BCUT2D eigenvalue weighted by Gasteiger charge is 2.29. The molecule has 2 aromatic carbocycles. The Morgan fingerprint density at radius 1 is 1.17 bits per heavy atom. The molecule has 0 aliphatic carbocycles. The Labute approximate surface area is 143 Å². The van der Waals surface area contributed by atoms with Gasteiger partial charge in [-0.1, -0.05) is 40.2 Å². The van der Waals surface area contributed by atoms with Crippen LogP contribution < -0.4 is 0 Å². The zero-order valence-electron chi connectivity index (χ0n) is 12.6. The molecule has 1 aromatic heterocycles. The van der Waals surface area contributed by atoms with Crippen LogP contribution in [0.2, 0.25) is 0 Å². The first-order valence-electron chi connectivity index (χ1n) is 7.83. The number of H-pyrrole nitrogens is 1. The maximum absolute atomic E-state index is 12.7. The molecule has 1 N–H and O–H groups in total. The van der Waals surface area contributed by atoms with E-state index in [1.54, 1.807) is 0 Å². The minimum Gasteiger partial charge on any atom is -0.361 e. The molecule has 2 heterocycles. The van der Waals surface area contributed by atoms with Gasteiger partial charge in [0.15, 0.2) is 0 Å². The number of rotatable bonds is 2. The van der Waals surface area contributed by atoms with E-state index in [2.05, 4.69) is 45.3 Å². The van der Waals surface area contributed by atoms with E-state index in [0.717, 1.165) is 29.5 Å². The Bertz CT molecular complexity index is 870. The third kappa shape index (κ3) is 2.68. The van der Waals surface area contributed by atoms with Crippen molar-refractivity contribution in [3.8, 4) is 0 Å². The van der Waals surface area contributed by atoms with Crippen molar-refractivity contribution in [2.45, 2.75) is 12.3 Å². The number of nitrogens with zero attached hydrogens (tertiary/aromatic N) is 1. The molecule has 0 saturated carbocycles. The van der Waals surface area contributed by atoms with E-state index < -0.39 is 0 Å². The van der Waals surface area contributed by atoms with Gasteiger partial charge in [0, 0.05) is 46.1 Å². The molecule has 23 heavy (non-hydrogen) atoms. The van der Waals surface area contributed by atoms with Crippen LogP contribution in [0.4, 0.5) is 0 Å². The molecule has 4 heteroatoms. The summed E-state index contributed by atoms with van der Waals surface area (Å²) in [6.45, 7) is 1.60. The Kier molecular flexibility index (Phi) is 3.69. The van der Waals surface area contributed by atoms with Crippen molar-refractivity contribution >= 4 is 32.7 Å². The second-order valence-corrected chi connectivity index (χ2v) is 6.95. The van der Waals surface area contributed by atoms with Crippen LogP contribution in [-0.2, 0) is 0 Å². The molecule has 1 unspecified atom stereocenters. The van der Waals surface area contributed by atoms with E-state index >= 15 is 0 Å². The predicted molar refractivity (Wildman–Crippen MR) is 95.7 cm³/mol. The van der Waals surface area contributed by atoms with Gasteiger partial charge in [-0.15, -0.1) is 0 Å². The highest BCUT2D eigenvalue weighted by atomic mass is 79.9. The maximum Gasteiger partial charge on any atom is 0.253 e. The Hall–Kier alpha value is -2.07. The normalized spacial score (nSPS) is 17.8. The number of likely N-dealkylation sites (tertiary alicyclic amines) is 1. The molecule has 1 aliphatic heterocycles. The molecule has 116 valence electrons. The van der Waals surface area contributed by atoms with Crippen molar-refractivity contribution < 1.29 is 4.79 Å². The highest BCUT2D eigenvalue weighted by molar-refractivity contribution is 9.10. The summed E-state index contributed by atoms with van der Waals surface area (Å²) in [6, 6.07) is 16.0. The largest absolute Gasteiger partial charge is 0.361 e. The zero-order valence-corrected chi connectivity index (χ0v) is 14.2. The number of halogens is 1. The fraction of sp³-hybridized carbons (Fsp3) is 0.211. The molecule has 1 amide bonds. The number of hydrogen-bond donors (Lipinski definition) is 1. The van der Waals surface area contributed by atoms with Gasteiger partial charge >= 0.3 is 0 Å². The number of para-hydroxylation sites is 1. The third-order valence-corrected chi connectivity index (χ3v) is 5.10. The monoisotopic (exact) mass is 368 g/mol. The molecular weight excluding hydrogens is 352 g/mol. The summed E-state index contributed by atoms with van der Waals surface area (Å²) in [4.78, 5) is 18.0. The Balaban J connectivity index is 1.56. The second kappa shape index (κ2) is 5.85. The number of benzene rings is 2. The second-order valence-electron chi connectivity index (χ2n) is 6.04. The topological polar surface area (TPSA) is 36.1 Å². The van der Waals surface area contributed by atoms with Crippen LogP contribution in [0.15, 0.2) is 59.2 Å². The summed E-state index contributed by atoms with van der Waals surface area (Å²) in [6.07, 6.45) is 3.12. The molecule has 4 rings (SSSR count). The first kappa shape index (κ1) is 14.5. The Morgan fingerprint density at radius 2 is 2.04 bits per heavy atom. The number of aromatic amines is 1. The van der Waals surface area contributed by atoms with E-state index in [-0.39, 0.29) is 5.91 Å². The summed E-state index contributed by atoms with van der Waals surface area (Å²) in [5, 5.41) is 1.27. The van der Waals surface area contributed by atoms with Crippen molar-refractivity contribution in [1.29, 1.82) is 0 Å². The average Bonchev–Trinajstić information content (AvgIpc) is 3.20. The van der Waals surface area contributed by atoms with Crippen LogP contribution in [-0.4, -0.2) is 28.9 Å². The van der Waals surface area contributed by atoms with E-state index in [1.807, 2.05) is 35.2 Å². The molecule has 1 aliphatic rings. The van der Waals surface area contributed by atoms with Crippen LogP contribution in [0.25, 0.3) is 10.9 Å². The van der Waals surface area contributed by atoms with Crippen molar-refractivity contribution in [3.63, 3.8) is 0 Å². The lowest BCUT2D eigenvalue weighted by Gasteiger charge is -2.16. The summed E-state index contributed by atoms with van der Waals surface area (Å²) in [5.74, 6) is 0.524. The molecular formula is C19H17BrN2O. The SMILES string of the molecule is O=C(c1cccc(Br)c1)N1CCC(c2c[nH]c3ccccc23)C1. The van der Waals surface area contributed by atoms with Crippen molar-refractivity contribution in [2.24, 2.45) is 0 Å². The van der Waals surface area contributed by atoms with Crippen LogP contribution in [0.5, 0.6) is 0 Å². The third-order valence-electron chi connectivity index (χ3n) is 4.61. The number of fused-ring (bicyclic) bond motifs is 1. The quantitative estimate of drug-likeness (QED) is 0.706. The summed E-state index contributed by atoms with van der Waals surface area (Å²) >= 11 is 3.43. The fourth-order valence-corrected chi connectivity index (χ4v) is 3.83. The number of carbonyl (C=O) groups is 1. The zero-order chi connectivity index (χ0) is 15.8. The van der Waals surface area contributed by atoms with Crippen molar-refractivity contribution in [2.75, 3.05) is 13.1 Å². The lowest BCUT2D eigenvalue weighted by molar-refractivity contribution is 0.0791. The maximum atomic E-state index is 12.7. The average molecular weight is 369 g/mol. The number of aromatic nitrogens is 1. The number of amides is 1. The fourth-order valence-electron chi connectivity index (χ4n) is 3.43. The summed E-state index contributed by atoms with van der Waals surface area (Å²) < 4.78 is 0.940. The highest BCUT2D eigenvalue weighted by Crippen LogP contribution is 2.33. The number of nitrogens with one attached hydrogen (secondary N) is 1. The molecule has 1 atom stereocenters. The van der Waals surface area contributed by atoms with E-state index in [9.17, 15) is 4.79 Å². The lowest BCUT2D eigenvalue weighted by Crippen LogP contribution is -2.28. The first-order chi connectivity index (χ1) is 11.2. The van der Waals surface area contributed by atoms with Crippen LogP contribution in [0.3, 0.4) is 0 Å². The van der Waals surface area contributed by atoms with Crippen LogP contribution in [0, 0.1) is 0 Å². The lowest BCUT2D eigenvalue weighted by atomic mass is 9.98. The minimum absolute atomic E-state index is 0.119. The van der Waals surface area contributed by atoms with Gasteiger partial charge in [-0.2, -0.15) is 0 Å². The summed E-state index contributed by atoms with van der Waals surface area (Å²) in [5.41, 5.74) is 3.24. The van der Waals surface area contributed by atoms with Gasteiger partial charge in [0.25, 0.3) is 5.91 Å². The smallest absolute Gasteiger partial charge is 0.253 e. The van der Waals surface area contributed by atoms with E-state index in [1.165, 1.54) is 16.5 Å². The van der Waals surface area contributed by atoms with Gasteiger partial charge in [-0.25, -0.2) is 0 Å².